The molecule has 6 heteroatoms. The Hall–Kier alpha value is -1.66. The van der Waals surface area contributed by atoms with E-state index in [9.17, 15) is 19.8 Å². The first kappa shape index (κ1) is 69.3. The van der Waals surface area contributed by atoms with E-state index in [-0.39, 0.29) is 18.5 Å². The Morgan fingerprint density at radius 1 is 0.394 bits per heavy atom. The largest absolute Gasteiger partial charge is 0.466 e. The molecular formula is C65H125NO5. The van der Waals surface area contributed by atoms with Crippen LogP contribution in [0.3, 0.4) is 0 Å². The summed E-state index contributed by atoms with van der Waals surface area (Å²) >= 11 is 0. The van der Waals surface area contributed by atoms with Crippen molar-refractivity contribution < 1.29 is 24.5 Å². The van der Waals surface area contributed by atoms with Crippen LogP contribution in [0.2, 0.25) is 0 Å². The smallest absolute Gasteiger partial charge is 0.305 e. The molecule has 0 saturated carbocycles. The van der Waals surface area contributed by atoms with Crippen LogP contribution in [-0.4, -0.2) is 47.4 Å². The summed E-state index contributed by atoms with van der Waals surface area (Å²) in [6.45, 7) is 4.95. The molecule has 2 atom stereocenters. The third-order valence-corrected chi connectivity index (χ3v) is 15.0. The van der Waals surface area contributed by atoms with Crippen LogP contribution < -0.4 is 5.32 Å². The lowest BCUT2D eigenvalue weighted by atomic mass is 10.0. The van der Waals surface area contributed by atoms with Crippen LogP contribution in [-0.2, 0) is 14.3 Å². The van der Waals surface area contributed by atoms with Gasteiger partial charge in [-0.1, -0.05) is 308 Å². The topological polar surface area (TPSA) is 95.9 Å². The zero-order valence-electron chi connectivity index (χ0n) is 48.0. The summed E-state index contributed by atoms with van der Waals surface area (Å²) in [5, 5.41) is 23.4. The van der Waals surface area contributed by atoms with Gasteiger partial charge >= 0.3 is 5.97 Å². The zero-order valence-corrected chi connectivity index (χ0v) is 48.0. The van der Waals surface area contributed by atoms with Crippen LogP contribution in [0.25, 0.3) is 0 Å². The predicted octanol–water partition coefficient (Wildman–Crippen LogP) is 20.2. The number of esters is 1. The van der Waals surface area contributed by atoms with Crippen molar-refractivity contribution in [1.82, 2.24) is 5.32 Å². The van der Waals surface area contributed by atoms with Crippen molar-refractivity contribution in [1.29, 1.82) is 0 Å². The van der Waals surface area contributed by atoms with E-state index in [0.717, 1.165) is 51.4 Å². The van der Waals surface area contributed by atoms with E-state index in [2.05, 4.69) is 43.5 Å². The van der Waals surface area contributed by atoms with Gasteiger partial charge in [0.25, 0.3) is 0 Å². The Balaban J connectivity index is 3.39. The summed E-state index contributed by atoms with van der Waals surface area (Å²) in [4.78, 5) is 24.6. The number of carbonyl (C=O) groups excluding carboxylic acids is 2. The first-order valence-corrected chi connectivity index (χ1v) is 32.1. The molecule has 2 unspecified atom stereocenters. The maximum atomic E-state index is 12.5. The average molecular weight is 1000 g/mol. The SMILES string of the molecule is CCCCC/C=C\C/C=C\CCCCCCCCCC(=O)OCCCCCCCCCCCCCCCCCCCCCC(=O)NC(CO)C(O)CCCCCCCCCCCCCCCCCCCC. The highest BCUT2D eigenvalue weighted by Gasteiger charge is 2.20. The van der Waals surface area contributed by atoms with E-state index in [1.54, 1.807) is 0 Å². The molecule has 0 spiro atoms. The molecule has 0 aromatic rings. The highest BCUT2D eigenvalue weighted by atomic mass is 16.5. The molecule has 3 N–H and O–H groups in total. The first-order valence-electron chi connectivity index (χ1n) is 32.1. The van der Waals surface area contributed by atoms with Gasteiger partial charge < -0.3 is 20.3 Å². The van der Waals surface area contributed by atoms with Crippen molar-refractivity contribution >= 4 is 11.9 Å². The van der Waals surface area contributed by atoms with Crippen LogP contribution in [0.15, 0.2) is 24.3 Å². The van der Waals surface area contributed by atoms with Crippen LogP contribution in [0.1, 0.15) is 354 Å². The molecule has 0 aromatic heterocycles. The molecule has 71 heavy (non-hydrogen) atoms. The fourth-order valence-electron chi connectivity index (χ4n) is 10.1. The summed E-state index contributed by atoms with van der Waals surface area (Å²) in [6.07, 6.45) is 74.7. The summed E-state index contributed by atoms with van der Waals surface area (Å²) in [5.41, 5.74) is 0. The summed E-state index contributed by atoms with van der Waals surface area (Å²) < 4.78 is 5.49. The number of carbonyl (C=O) groups is 2. The molecule has 0 rings (SSSR count). The number of unbranched alkanes of at least 4 members (excludes halogenated alkanes) is 45. The molecule has 0 saturated heterocycles. The Morgan fingerprint density at radius 2 is 0.704 bits per heavy atom. The van der Waals surface area contributed by atoms with Crippen molar-refractivity contribution in [3.63, 3.8) is 0 Å². The lowest BCUT2D eigenvalue weighted by Gasteiger charge is -2.22. The van der Waals surface area contributed by atoms with Crippen molar-refractivity contribution in [2.24, 2.45) is 0 Å². The van der Waals surface area contributed by atoms with Gasteiger partial charge in [0.15, 0.2) is 0 Å². The van der Waals surface area contributed by atoms with Gasteiger partial charge in [-0.2, -0.15) is 0 Å². The molecule has 0 heterocycles. The third-order valence-electron chi connectivity index (χ3n) is 15.0. The maximum Gasteiger partial charge on any atom is 0.305 e. The number of rotatable bonds is 60. The van der Waals surface area contributed by atoms with Crippen molar-refractivity contribution in [3.05, 3.63) is 24.3 Å². The summed E-state index contributed by atoms with van der Waals surface area (Å²) in [5.74, 6) is -0.0329. The summed E-state index contributed by atoms with van der Waals surface area (Å²) in [6, 6.07) is -0.544. The number of aliphatic hydroxyl groups is 2. The Labute approximate surface area is 443 Å². The molecule has 0 aliphatic heterocycles. The molecule has 0 aliphatic carbocycles. The standard InChI is InChI=1S/C65H125NO5/c1-3-5-7-9-11-13-15-17-19-21-26-29-33-37-41-45-49-53-57-63(68)62(61-67)66-64(69)58-54-50-46-42-38-34-30-27-23-22-24-28-32-36-40-44-48-52-56-60-71-65(70)59-55-51-47-43-39-35-31-25-20-18-16-14-12-10-8-6-4-2/h12,14,18,20,62-63,67-68H,3-11,13,15-17,19,21-61H2,1-2H3,(H,66,69)/b14-12-,20-18-. The average Bonchev–Trinajstić information content (AvgIpc) is 3.37. The van der Waals surface area contributed by atoms with Gasteiger partial charge in [-0.15, -0.1) is 0 Å². The van der Waals surface area contributed by atoms with E-state index >= 15 is 0 Å². The van der Waals surface area contributed by atoms with Crippen molar-refractivity contribution in [2.45, 2.75) is 366 Å². The van der Waals surface area contributed by atoms with Gasteiger partial charge in [0, 0.05) is 12.8 Å². The van der Waals surface area contributed by atoms with Crippen molar-refractivity contribution in [3.8, 4) is 0 Å². The second kappa shape index (κ2) is 60.9. The summed E-state index contributed by atoms with van der Waals surface area (Å²) in [7, 11) is 0. The highest BCUT2D eigenvalue weighted by Crippen LogP contribution is 2.18. The number of ether oxygens (including phenoxy) is 1. The maximum absolute atomic E-state index is 12.5. The fraction of sp³-hybridized carbons (Fsp3) is 0.908. The second-order valence-corrected chi connectivity index (χ2v) is 22.1. The second-order valence-electron chi connectivity index (χ2n) is 22.1. The lowest BCUT2D eigenvalue weighted by molar-refractivity contribution is -0.143. The first-order chi connectivity index (χ1) is 35.0. The van der Waals surface area contributed by atoms with Gasteiger partial charge in [0.2, 0.25) is 5.91 Å². The Kier molecular flexibility index (Phi) is 59.5. The Bertz CT molecular complexity index is 1110. The molecular weight excluding hydrogens is 875 g/mol. The van der Waals surface area contributed by atoms with Crippen LogP contribution in [0, 0.1) is 0 Å². The van der Waals surface area contributed by atoms with Crippen LogP contribution in [0.5, 0.6) is 0 Å². The van der Waals surface area contributed by atoms with E-state index < -0.39 is 12.1 Å². The van der Waals surface area contributed by atoms with Gasteiger partial charge in [-0.05, 0) is 57.8 Å². The van der Waals surface area contributed by atoms with Gasteiger partial charge in [-0.3, -0.25) is 9.59 Å². The number of hydrogen-bond donors (Lipinski definition) is 3. The van der Waals surface area contributed by atoms with Gasteiger partial charge in [0.05, 0.1) is 25.4 Å². The normalized spacial score (nSPS) is 12.7. The van der Waals surface area contributed by atoms with Gasteiger partial charge in [0.1, 0.15) is 0 Å². The van der Waals surface area contributed by atoms with E-state index in [1.807, 2.05) is 0 Å². The molecule has 0 bridgehead atoms. The number of allylic oxidation sites excluding steroid dienone is 4. The molecule has 0 aromatic carbocycles. The molecule has 0 radical (unpaired) electrons. The number of nitrogens with one attached hydrogen (secondary N) is 1. The third kappa shape index (κ3) is 57.5. The minimum absolute atomic E-state index is 0.00205. The van der Waals surface area contributed by atoms with E-state index in [4.69, 9.17) is 4.74 Å². The molecule has 0 aliphatic rings. The van der Waals surface area contributed by atoms with E-state index in [0.29, 0.717) is 25.9 Å². The molecule has 6 nitrogen and oxygen atoms in total. The van der Waals surface area contributed by atoms with Gasteiger partial charge in [-0.25, -0.2) is 0 Å². The molecule has 0 fully saturated rings. The van der Waals surface area contributed by atoms with Crippen LogP contribution >= 0.6 is 0 Å². The molecule has 1 amide bonds. The monoisotopic (exact) mass is 1000 g/mol. The lowest BCUT2D eigenvalue weighted by Crippen LogP contribution is -2.45. The van der Waals surface area contributed by atoms with E-state index in [1.165, 1.54) is 270 Å². The number of amides is 1. The number of aliphatic hydroxyl groups excluding tert-OH is 2. The van der Waals surface area contributed by atoms with Crippen LogP contribution in [0.4, 0.5) is 0 Å². The minimum Gasteiger partial charge on any atom is -0.466 e. The minimum atomic E-state index is -0.667. The Morgan fingerprint density at radius 3 is 1.10 bits per heavy atom. The fourth-order valence-corrected chi connectivity index (χ4v) is 10.1. The molecule has 420 valence electrons. The quantitative estimate of drug-likeness (QED) is 0.0320. The number of hydrogen-bond acceptors (Lipinski definition) is 5. The van der Waals surface area contributed by atoms with Crippen molar-refractivity contribution in [2.75, 3.05) is 13.2 Å². The zero-order chi connectivity index (χ0) is 51.4. The predicted molar refractivity (Wildman–Crippen MR) is 310 cm³/mol. The highest BCUT2D eigenvalue weighted by molar-refractivity contribution is 5.76.